The van der Waals surface area contributed by atoms with E-state index in [4.69, 9.17) is 0 Å². The third kappa shape index (κ3) is 5.27. The number of halogens is 2. The number of rotatable bonds is 6. The first-order valence-electron chi connectivity index (χ1n) is 13.3. The van der Waals surface area contributed by atoms with Crippen LogP contribution in [0.25, 0.3) is 11.1 Å². The molecular weight excluding hydrogens is 583 g/mol. The zero-order chi connectivity index (χ0) is 24.5. The molecule has 0 radical (unpaired) electrons. The van der Waals surface area contributed by atoms with E-state index < -0.39 is 21.3 Å². The summed E-state index contributed by atoms with van der Waals surface area (Å²) in [6.45, 7) is 4.56. The van der Waals surface area contributed by atoms with E-state index in [-0.39, 0.29) is 24.8 Å². The quantitative estimate of drug-likeness (QED) is 0.314. The molecule has 0 unspecified atom stereocenters. The number of hydrogen-bond donors (Lipinski definition) is 0. The van der Waals surface area contributed by atoms with E-state index >= 15 is 0 Å². The van der Waals surface area contributed by atoms with Gasteiger partial charge in [0.2, 0.25) is 0 Å². The third-order valence-corrected chi connectivity index (χ3v) is 16.1. The van der Waals surface area contributed by atoms with E-state index in [0.29, 0.717) is 3.63 Å². The number of benzene rings is 4. The van der Waals surface area contributed by atoms with E-state index in [1.807, 2.05) is 0 Å². The zero-order valence-electron chi connectivity index (χ0n) is 21.9. The minimum absolute atomic E-state index is 0. The van der Waals surface area contributed by atoms with Crippen LogP contribution in [0.2, 0.25) is 0 Å². The van der Waals surface area contributed by atoms with Gasteiger partial charge in [0.25, 0.3) is 0 Å². The fourth-order valence-corrected chi connectivity index (χ4v) is 14.9. The van der Waals surface area contributed by atoms with Crippen LogP contribution in [-0.2, 0) is 34.1 Å². The molecule has 0 aliphatic heterocycles. The molecule has 4 aromatic rings. The van der Waals surface area contributed by atoms with Gasteiger partial charge in [0.1, 0.15) is 0 Å². The molecule has 0 spiro atoms. The van der Waals surface area contributed by atoms with Crippen molar-refractivity contribution in [3.63, 3.8) is 0 Å². The van der Waals surface area contributed by atoms with Crippen LogP contribution in [0.15, 0.2) is 119 Å². The van der Waals surface area contributed by atoms with Gasteiger partial charge in [-0.2, -0.15) is 0 Å². The number of allylic oxidation sites excluding steroid dienone is 4. The van der Waals surface area contributed by atoms with Gasteiger partial charge in [-0.1, -0.05) is 0 Å². The van der Waals surface area contributed by atoms with Crippen LogP contribution >= 0.6 is 0 Å². The van der Waals surface area contributed by atoms with E-state index in [1.54, 1.807) is 17.6 Å². The Hall–Kier alpha value is -2.31. The van der Waals surface area contributed by atoms with Gasteiger partial charge < -0.3 is 24.8 Å². The van der Waals surface area contributed by atoms with Gasteiger partial charge in [0.15, 0.2) is 0 Å². The molecule has 2 aliphatic carbocycles. The Morgan fingerprint density at radius 3 is 1.61 bits per heavy atom. The molecule has 0 atom stereocenters. The number of fused-ring (bicyclic) bond motifs is 3. The first-order valence-corrected chi connectivity index (χ1v) is 17.1. The minimum Gasteiger partial charge on any atom is -1.00 e. The summed E-state index contributed by atoms with van der Waals surface area (Å²) in [5.41, 5.74) is 11.8. The van der Waals surface area contributed by atoms with Gasteiger partial charge in [-0.05, 0) is 0 Å². The molecule has 0 bridgehead atoms. The first kappa shape index (κ1) is 28.7. The average molecular weight is 615 g/mol. The molecule has 0 fully saturated rings. The van der Waals surface area contributed by atoms with Crippen molar-refractivity contribution < 1.29 is 46.1 Å². The molecule has 38 heavy (non-hydrogen) atoms. The van der Waals surface area contributed by atoms with Crippen molar-refractivity contribution in [1.29, 1.82) is 0 Å². The fourth-order valence-electron chi connectivity index (χ4n) is 5.94. The molecule has 0 saturated carbocycles. The van der Waals surface area contributed by atoms with Crippen LogP contribution in [0.5, 0.6) is 0 Å². The summed E-state index contributed by atoms with van der Waals surface area (Å²) in [4.78, 5) is 0. The summed E-state index contributed by atoms with van der Waals surface area (Å²) in [7, 11) is 0. The molecule has 2 aliphatic rings. The summed E-state index contributed by atoms with van der Waals surface area (Å²) in [5, 5.41) is 0. The molecule has 4 aromatic carbocycles. The Morgan fingerprint density at radius 2 is 1.18 bits per heavy atom. The van der Waals surface area contributed by atoms with Crippen LogP contribution in [0.4, 0.5) is 0 Å². The Bertz CT molecular complexity index is 1420. The Balaban J connectivity index is 0.00000168. The summed E-state index contributed by atoms with van der Waals surface area (Å²) in [6, 6.07) is 37.1. The first-order chi connectivity index (χ1) is 17.8. The van der Waals surface area contributed by atoms with Gasteiger partial charge in [-0.15, -0.1) is 0 Å². The van der Waals surface area contributed by atoms with Gasteiger partial charge in [0, 0.05) is 0 Å². The Kier molecular flexibility index (Phi) is 9.59. The smallest absolute Gasteiger partial charge is 1.00 e. The van der Waals surface area contributed by atoms with Crippen LogP contribution < -0.4 is 24.8 Å². The van der Waals surface area contributed by atoms with Crippen LogP contribution in [0.3, 0.4) is 0 Å². The maximum absolute atomic E-state index is 2.55. The van der Waals surface area contributed by atoms with Gasteiger partial charge in [0.05, 0.1) is 0 Å². The molecule has 0 heterocycles. The van der Waals surface area contributed by atoms with Crippen molar-refractivity contribution in [1.82, 2.24) is 0 Å². The summed E-state index contributed by atoms with van der Waals surface area (Å²) in [5.74, 6) is 0. The van der Waals surface area contributed by atoms with E-state index in [9.17, 15) is 0 Å². The largest absolute Gasteiger partial charge is 1.00 e. The third-order valence-electron chi connectivity index (χ3n) is 7.76. The van der Waals surface area contributed by atoms with E-state index in [2.05, 4.69) is 129 Å². The minimum atomic E-state index is -2.55. The predicted octanol–water partition coefficient (Wildman–Crippen LogP) is 2.62. The van der Waals surface area contributed by atoms with E-state index in [0.717, 1.165) is 19.3 Å². The summed E-state index contributed by atoms with van der Waals surface area (Å²) < 4.78 is 3.81. The molecule has 0 aromatic heterocycles. The maximum Gasteiger partial charge on any atom is -1.00 e. The summed E-state index contributed by atoms with van der Waals surface area (Å²) in [6.07, 6.45) is 10.4. The fraction of sp³-hybridized carbons (Fsp3) is 0.171. The van der Waals surface area contributed by atoms with Crippen molar-refractivity contribution in [3.05, 3.63) is 152 Å². The molecule has 3 heteroatoms. The Morgan fingerprint density at radius 1 is 0.684 bits per heavy atom. The van der Waals surface area contributed by atoms with Crippen LogP contribution in [0.1, 0.15) is 57.3 Å². The Labute approximate surface area is 247 Å². The molecule has 0 N–H and O–H groups in total. The SMILES string of the molecule is CCc1ccc2c(c1)[CH]([Zr+2]([C]1=CC=CC1)=[C](c1ccccc1)c1ccccc1)c1cc(CC)ccc1-2.[Cl-].[Cl-]. The average Bonchev–Trinajstić information content (AvgIpc) is 3.58. The molecule has 0 saturated heterocycles. The standard InChI is InChI=1S/C17H17.C13H10.C5H5.2ClH.Zr/c1-3-12-5-7-16-14(9-12)11-15-10-13(4-2)6-8-17(15)16;1-3-7-12(8-4-1)11-13-9-5-2-6-10-13;1-2-4-5-3-1;;;/h5-11H,3-4H2,1-2H3;1-10H;1-3H,4H2;2*1H;/q;;;;;+2/p-2. The van der Waals surface area contributed by atoms with Crippen LogP contribution in [0, 0.1) is 0 Å². The topological polar surface area (TPSA) is 0 Å². The van der Waals surface area contributed by atoms with Crippen molar-refractivity contribution in [2.75, 3.05) is 0 Å². The molecule has 0 nitrogen and oxygen atoms in total. The normalized spacial score (nSPS) is 12.9. The molecule has 6 rings (SSSR count). The molecule has 190 valence electrons. The van der Waals surface area contributed by atoms with Gasteiger partial charge in [-0.25, -0.2) is 0 Å². The zero-order valence-corrected chi connectivity index (χ0v) is 25.9. The summed E-state index contributed by atoms with van der Waals surface area (Å²) >= 11 is -2.55. The van der Waals surface area contributed by atoms with Crippen molar-refractivity contribution >= 4 is 3.21 Å². The van der Waals surface area contributed by atoms with Gasteiger partial charge >= 0.3 is 224 Å². The van der Waals surface area contributed by atoms with Crippen molar-refractivity contribution in [3.8, 4) is 11.1 Å². The van der Waals surface area contributed by atoms with Crippen LogP contribution in [-0.4, -0.2) is 3.21 Å². The van der Waals surface area contributed by atoms with Crippen molar-refractivity contribution in [2.45, 2.75) is 36.7 Å². The monoisotopic (exact) mass is 612 g/mol. The number of hydrogen-bond acceptors (Lipinski definition) is 0. The number of aryl methyl sites for hydroxylation is 2. The molecule has 0 amide bonds. The molecular formula is C35H32Cl2Zr. The second-order valence-electron chi connectivity index (χ2n) is 9.83. The maximum atomic E-state index is 2.54. The van der Waals surface area contributed by atoms with Crippen molar-refractivity contribution in [2.24, 2.45) is 0 Å². The second-order valence-corrected chi connectivity index (χ2v) is 16.1. The van der Waals surface area contributed by atoms with Gasteiger partial charge in [-0.3, -0.25) is 0 Å². The second kappa shape index (κ2) is 12.7. The van der Waals surface area contributed by atoms with E-state index in [1.165, 1.54) is 33.4 Å². The predicted molar refractivity (Wildman–Crippen MR) is 150 cm³/mol.